The number of hydrogen-bond acceptors (Lipinski definition) is 4. The largest absolute Gasteiger partial charge is 0.497 e. The van der Waals surface area contributed by atoms with Crippen molar-refractivity contribution in [3.05, 3.63) is 78.5 Å². The van der Waals surface area contributed by atoms with Crippen molar-refractivity contribution >= 4 is 17.4 Å². The molecule has 0 aliphatic rings. The van der Waals surface area contributed by atoms with Gasteiger partial charge in [-0.25, -0.2) is 4.98 Å². The standard InChI is InChI=1S/C20H21N3O4/c1-13(4-5-14(2)27-3)17-9-7-16(8-11-19(24)25)23(17)18-10-6-15(12-22-18)20(21)26/h4-7,9-10,12H,1-2,8,11H2,3H3,(H2,21,26)(H,24,25)/b5-4-. The van der Waals surface area contributed by atoms with Crippen LogP contribution in [0.1, 0.15) is 28.2 Å². The Bertz CT molecular complexity index is 908. The van der Waals surface area contributed by atoms with Crippen molar-refractivity contribution in [2.75, 3.05) is 7.11 Å². The number of methoxy groups -OCH3 is 1. The van der Waals surface area contributed by atoms with Crippen LogP contribution in [0, 0.1) is 0 Å². The molecule has 7 heteroatoms. The number of aryl methyl sites for hydroxylation is 1. The molecule has 0 spiro atoms. The first kappa shape index (κ1) is 19.7. The molecule has 0 bridgehead atoms. The summed E-state index contributed by atoms with van der Waals surface area (Å²) in [5.74, 6) is -0.459. The molecule has 3 N–H and O–H groups in total. The molecule has 0 aliphatic heterocycles. The van der Waals surface area contributed by atoms with Gasteiger partial charge >= 0.3 is 5.97 Å². The maximum atomic E-state index is 11.3. The first-order valence-electron chi connectivity index (χ1n) is 8.12. The highest BCUT2D eigenvalue weighted by molar-refractivity contribution is 5.92. The lowest BCUT2D eigenvalue weighted by Gasteiger charge is -2.13. The molecule has 0 unspecified atom stereocenters. The smallest absolute Gasteiger partial charge is 0.303 e. The molecule has 0 aliphatic carbocycles. The van der Waals surface area contributed by atoms with Crippen LogP contribution in [0.3, 0.4) is 0 Å². The fourth-order valence-corrected chi connectivity index (χ4v) is 2.44. The molecule has 0 fully saturated rings. The number of carbonyl (C=O) groups is 2. The molecule has 2 rings (SSSR count). The highest BCUT2D eigenvalue weighted by Gasteiger charge is 2.14. The average molecular weight is 367 g/mol. The average Bonchev–Trinajstić information content (AvgIpc) is 3.08. The Kier molecular flexibility index (Phi) is 6.32. The summed E-state index contributed by atoms with van der Waals surface area (Å²) in [5.41, 5.74) is 7.70. The van der Waals surface area contributed by atoms with Gasteiger partial charge in [0, 0.05) is 11.9 Å². The number of nitrogens with zero attached hydrogens (tertiary/aromatic N) is 2. The van der Waals surface area contributed by atoms with Crippen LogP contribution in [-0.2, 0) is 16.0 Å². The number of aliphatic carboxylic acids is 1. The maximum absolute atomic E-state index is 11.3. The van der Waals surface area contributed by atoms with Crippen molar-refractivity contribution < 1.29 is 19.4 Å². The van der Waals surface area contributed by atoms with Gasteiger partial charge in [0.1, 0.15) is 11.6 Å². The molecule has 27 heavy (non-hydrogen) atoms. The van der Waals surface area contributed by atoms with Crippen molar-refractivity contribution in [1.82, 2.24) is 9.55 Å². The van der Waals surface area contributed by atoms with Crippen LogP contribution in [0.4, 0.5) is 0 Å². The van der Waals surface area contributed by atoms with Crippen LogP contribution in [0.25, 0.3) is 11.4 Å². The number of nitrogens with two attached hydrogens (primary N) is 1. The zero-order chi connectivity index (χ0) is 20.0. The Labute approximate surface area is 157 Å². The third kappa shape index (κ3) is 4.94. The van der Waals surface area contributed by atoms with E-state index in [0.29, 0.717) is 23.6 Å². The van der Waals surface area contributed by atoms with Crippen LogP contribution >= 0.6 is 0 Å². The third-order valence-electron chi connectivity index (χ3n) is 3.88. The fraction of sp³-hybridized carbons (Fsp3) is 0.150. The molecule has 0 aromatic carbocycles. The highest BCUT2D eigenvalue weighted by atomic mass is 16.5. The summed E-state index contributed by atoms with van der Waals surface area (Å²) in [6, 6.07) is 6.88. The van der Waals surface area contributed by atoms with Gasteiger partial charge in [0.25, 0.3) is 0 Å². The second-order valence-electron chi connectivity index (χ2n) is 5.74. The zero-order valence-corrected chi connectivity index (χ0v) is 15.0. The number of ether oxygens (including phenoxy) is 1. The van der Waals surface area contributed by atoms with Crippen molar-refractivity contribution in [3.8, 4) is 5.82 Å². The lowest BCUT2D eigenvalue weighted by Crippen LogP contribution is -2.12. The number of pyridine rings is 1. The minimum Gasteiger partial charge on any atom is -0.497 e. The van der Waals surface area contributed by atoms with Crippen molar-refractivity contribution in [2.45, 2.75) is 12.8 Å². The van der Waals surface area contributed by atoms with Gasteiger partial charge in [-0.2, -0.15) is 0 Å². The summed E-state index contributed by atoms with van der Waals surface area (Å²) in [6.07, 6.45) is 5.10. The Hall–Kier alpha value is -3.61. The summed E-state index contributed by atoms with van der Waals surface area (Å²) in [4.78, 5) is 26.5. The molecule has 0 radical (unpaired) electrons. The molecule has 140 valence electrons. The lowest BCUT2D eigenvalue weighted by molar-refractivity contribution is -0.136. The molecular formula is C20H21N3O4. The first-order chi connectivity index (χ1) is 12.8. The number of hydrogen-bond donors (Lipinski definition) is 2. The number of carboxylic acid groups (broad SMARTS) is 1. The fourth-order valence-electron chi connectivity index (χ4n) is 2.44. The summed E-state index contributed by atoms with van der Waals surface area (Å²) in [7, 11) is 1.52. The molecule has 7 nitrogen and oxygen atoms in total. The second-order valence-corrected chi connectivity index (χ2v) is 5.74. The SMILES string of the molecule is C=C(/C=C\C(=C)c1ccc(CCC(=O)O)n1-c1ccc(C(N)=O)cn1)OC. The van der Waals surface area contributed by atoms with Gasteiger partial charge in [0.2, 0.25) is 5.91 Å². The van der Waals surface area contributed by atoms with E-state index in [2.05, 4.69) is 18.1 Å². The van der Waals surface area contributed by atoms with Gasteiger partial charge < -0.3 is 15.6 Å². The molecular weight excluding hydrogens is 346 g/mol. The monoisotopic (exact) mass is 367 g/mol. The van der Waals surface area contributed by atoms with Crippen LogP contribution < -0.4 is 5.73 Å². The second kappa shape index (κ2) is 8.66. The van der Waals surface area contributed by atoms with E-state index in [1.54, 1.807) is 28.9 Å². The topological polar surface area (TPSA) is 107 Å². The third-order valence-corrected chi connectivity index (χ3v) is 3.88. The lowest BCUT2D eigenvalue weighted by atomic mass is 10.2. The van der Waals surface area contributed by atoms with E-state index in [4.69, 9.17) is 15.6 Å². The molecule has 1 amide bonds. The molecule has 2 heterocycles. The van der Waals surface area contributed by atoms with Crippen molar-refractivity contribution in [3.63, 3.8) is 0 Å². The van der Waals surface area contributed by atoms with E-state index < -0.39 is 11.9 Å². The van der Waals surface area contributed by atoms with Crippen LogP contribution in [0.5, 0.6) is 0 Å². The van der Waals surface area contributed by atoms with E-state index in [-0.39, 0.29) is 12.0 Å². The summed E-state index contributed by atoms with van der Waals surface area (Å²) >= 11 is 0. The summed E-state index contributed by atoms with van der Waals surface area (Å²) < 4.78 is 6.81. The Morgan fingerprint density at radius 2 is 2.00 bits per heavy atom. The first-order valence-corrected chi connectivity index (χ1v) is 8.12. The number of primary amides is 1. The molecule has 0 saturated carbocycles. The van der Waals surface area contributed by atoms with Gasteiger partial charge in [-0.05, 0) is 48.4 Å². The number of aromatic nitrogens is 2. The molecule has 0 saturated heterocycles. The highest BCUT2D eigenvalue weighted by Crippen LogP contribution is 2.24. The number of rotatable bonds is 9. The van der Waals surface area contributed by atoms with Gasteiger partial charge in [0.15, 0.2) is 0 Å². The van der Waals surface area contributed by atoms with Gasteiger partial charge in [-0.1, -0.05) is 13.2 Å². The number of carbonyl (C=O) groups excluding carboxylic acids is 1. The van der Waals surface area contributed by atoms with E-state index in [1.165, 1.54) is 13.3 Å². The number of allylic oxidation sites excluding steroid dienone is 3. The number of carboxylic acids is 1. The van der Waals surface area contributed by atoms with Crippen molar-refractivity contribution in [1.29, 1.82) is 0 Å². The molecule has 0 atom stereocenters. The van der Waals surface area contributed by atoms with E-state index in [0.717, 1.165) is 11.4 Å². The van der Waals surface area contributed by atoms with Crippen molar-refractivity contribution in [2.24, 2.45) is 5.73 Å². The number of amides is 1. The zero-order valence-electron chi connectivity index (χ0n) is 15.0. The predicted molar refractivity (Wildman–Crippen MR) is 102 cm³/mol. The minimum absolute atomic E-state index is 0.0222. The van der Waals surface area contributed by atoms with E-state index in [9.17, 15) is 9.59 Å². The molecule has 2 aromatic heterocycles. The minimum atomic E-state index is -0.892. The quantitative estimate of drug-likeness (QED) is 0.523. The summed E-state index contributed by atoms with van der Waals surface area (Å²) in [6.45, 7) is 7.77. The Balaban J connectivity index is 2.46. The van der Waals surface area contributed by atoms with Crippen LogP contribution in [-0.4, -0.2) is 33.6 Å². The van der Waals surface area contributed by atoms with E-state index in [1.807, 2.05) is 12.1 Å². The normalized spacial score (nSPS) is 10.7. The predicted octanol–water partition coefficient (Wildman–Crippen LogP) is 2.72. The van der Waals surface area contributed by atoms with Gasteiger partial charge in [0.05, 0.1) is 24.8 Å². The Morgan fingerprint density at radius 3 is 2.56 bits per heavy atom. The Morgan fingerprint density at radius 1 is 1.26 bits per heavy atom. The van der Waals surface area contributed by atoms with Crippen LogP contribution in [0.2, 0.25) is 0 Å². The maximum Gasteiger partial charge on any atom is 0.303 e. The van der Waals surface area contributed by atoms with E-state index >= 15 is 0 Å². The van der Waals surface area contributed by atoms with Gasteiger partial charge in [-0.3, -0.25) is 14.2 Å². The molecule has 2 aromatic rings. The summed E-state index contributed by atoms with van der Waals surface area (Å²) in [5, 5.41) is 8.99. The van der Waals surface area contributed by atoms with Crippen LogP contribution in [0.15, 0.2) is 61.5 Å². The van der Waals surface area contributed by atoms with Gasteiger partial charge in [-0.15, -0.1) is 0 Å².